The van der Waals surface area contributed by atoms with Crippen LogP contribution in [0.3, 0.4) is 0 Å². The zero-order chi connectivity index (χ0) is 20.8. The number of nitrogens with one attached hydrogen (secondary N) is 1. The zero-order valence-corrected chi connectivity index (χ0v) is 16.3. The monoisotopic (exact) mass is 397 g/mol. The Morgan fingerprint density at radius 1 is 1.17 bits per heavy atom. The number of anilines is 1. The molecule has 0 radical (unpaired) electrons. The molecular weight excluding hydrogens is 374 g/mol. The van der Waals surface area contributed by atoms with E-state index in [2.05, 4.69) is 10.4 Å². The van der Waals surface area contributed by atoms with Gasteiger partial charge in [0.15, 0.2) is 11.5 Å². The molecule has 0 unspecified atom stereocenters. The molecule has 1 aliphatic heterocycles. The van der Waals surface area contributed by atoms with Crippen LogP contribution in [0.15, 0.2) is 47.6 Å². The molecule has 8 nitrogen and oxygen atoms in total. The first-order valence-corrected chi connectivity index (χ1v) is 9.32. The number of nitrogens with zero attached hydrogens (tertiary/aromatic N) is 2. The first kappa shape index (κ1) is 20.2. The van der Waals surface area contributed by atoms with Gasteiger partial charge in [0.05, 0.1) is 19.4 Å². The van der Waals surface area contributed by atoms with E-state index in [0.717, 1.165) is 24.1 Å². The van der Waals surface area contributed by atoms with E-state index in [1.54, 1.807) is 31.4 Å². The third kappa shape index (κ3) is 4.84. The van der Waals surface area contributed by atoms with Crippen LogP contribution in [0.5, 0.6) is 11.5 Å². The van der Waals surface area contributed by atoms with Gasteiger partial charge in [-0.05, 0) is 62.2 Å². The molecule has 0 bridgehead atoms. The van der Waals surface area contributed by atoms with E-state index in [4.69, 9.17) is 14.6 Å². The molecule has 0 saturated carbocycles. The number of hydrogen-bond donors (Lipinski definition) is 2. The molecule has 2 N–H and O–H groups in total. The van der Waals surface area contributed by atoms with Crippen molar-refractivity contribution >= 4 is 23.4 Å². The standard InChI is InChI=1S/C21H23N3O5/c1-3-29-19-13-15(8-11-18(19)28-2)17-5-4-12-24(23-17)20(25)14-6-9-16(10-7-14)22-21(26)27/h6-11,13,22H,3-5,12H2,1-2H3,(H,26,27). The van der Waals surface area contributed by atoms with Crippen LogP contribution >= 0.6 is 0 Å². The molecule has 2 aromatic rings. The highest BCUT2D eigenvalue weighted by Gasteiger charge is 2.21. The van der Waals surface area contributed by atoms with Crippen LogP contribution in [0, 0.1) is 0 Å². The van der Waals surface area contributed by atoms with Gasteiger partial charge in [0.1, 0.15) is 0 Å². The summed E-state index contributed by atoms with van der Waals surface area (Å²) in [6.07, 6.45) is 0.391. The van der Waals surface area contributed by atoms with Gasteiger partial charge in [-0.1, -0.05) is 0 Å². The Labute approximate surface area is 168 Å². The van der Waals surface area contributed by atoms with Crippen LogP contribution in [0.25, 0.3) is 0 Å². The summed E-state index contributed by atoms with van der Waals surface area (Å²) in [5.41, 5.74) is 2.53. The fourth-order valence-electron chi connectivity index (χ4n) is 3.08. The summed E-state index contributed by atoms with van der Waals surface area (Å²) in [6, 6.07) is 11.9. The first-order chi connectivity index (χ1) is 14.0. The summed E-state index contributed by atoms with van der Waals surface area (Å²) >= 11 is 0. The lowest BCUT2D eigenvalue weighted by atomic mass is 10.0. The largest absolute Gasteiger partial charge is 0.493 e. The number of hydrazone groups is 1. The van der Waals surface area contributed by atoms with Crippen LogP contribution in [0.4, 0.5) is 10.5 Å². The lowest BCUT2D eigenvalue weighted by Gasteiger charge is -2.24. The van der Waals surface area contributed by atoms with E-state index in [-0.39, 0.29) is 5.91 Å². The van der Waals surface area contributed by atoms with Gasteiger partial charge in [-0.15, -0.1) is 0 Å². The smallest absolute Gasteiger partial charge is 0.409 e. The van der Waals surface area contributed by atoms with Crippen LogP contribution in [-0.2, 0) is 0 Å². The molecule has 0 saturated heterocycles. The number of hydrogen-bond acceptors (Lipinski definition) is 5. The molecule has 3 rings (SSSR count). The highest BCUT2D eigenvalue weighted by Crippen LogP contribution is 2.29. The van der Waals surface area contributed by atoms with Crippen molar-refractivity contribution in [1.29, 1.82) is 0 Å². The maximum atomic E-state index is 12.8. The number of benzene rings is 2. The zero-order valence-electron chi connectivity index (χ0n) is 16.3. The highest BCUT2D eigenvalue weighted by atomic mass is 16.5. The Morgan fingerprint density at radius 2 is 1.93 bits per heavy atom. The van der Waals surface area contributed by atoms with Crippen LogP contribution in [0.2, 0.25) is 0 Å². The van der Waals surface area contributed by atoms with Gasteiger partial charge in [-0.25, -0.2) is 9.80 Å². The Kier molecular flexibility index (Phi) is 6.33. The van der Waals surface area contributed by atoms with Crippen molar-refractivity contribution in [2.45, 2.75) is 19.8 Å². The Balaban J connectivity index is 1.81. The van der Waals surface area contributed by atoms with Gasteiger partial charge in [-0.3, -0.25) is 10.1 Å². The van der Waals surface area contributed by atoms with Crippen LogP contribution in [0.1, 0.15) is 35.7 Å². The molecule has 0 fully saturated rings. The highest BCUT2D eigenvalue weighted by molar-refractivity contribution is 6.03. The van der Waals surface area contributed by atoms with Gasteiger partial charge in [0, 0.05) is 23.4 Å². The Morgan fingerprint density at radius 3 is 2.59 bits per heavy atom. The van der Waals surface area contributed by atoms with Crippen LogP contribution in [-0.4, -0.2) is 48.1 Å². The van der Waals surface area contributed by atoms with Gasteiger partial charge < -0.3 is 14.6 Å². The SMILES string of the molecule is CCOc1cc(C2=NN(C(=O)c3ccc(NC(=O)O)cc3)CCC2)ccc1OC. The second-order valence-electron chi connectivity index (χ2n) is 6.38. The van der Waals surface area contributed by atoms with E-state index in [0.29, 0.717) is 35.9 Å². The molecule has 0 spiro atoms. The van der Waals surface area contributed by atoms with Crippen molar-refractivity contribution in [2.75, 3.05) is 25.6 Å². The molecule has 2 amide bonds. The maximum absolute atomic E-state index is 12.8. The van der Waals surface area contributed by atoms with Crippen molar-refractivity contribution in [3.05, 3.63) is 53.6 Å². The lowest BCUT2D eigenvalue weighted by molar-refractivity contribution is 0.0751. The molecule has 1 aliphatic rings. The number of ether oxygens (including phenoxy) is 2. The van der Waals surface area contributed by atoms with Crippen molar-refractivity contribution in [3.8, 4) is 11.5 Å². The van der Waals surface area contributed by atoms with Crippen molar-refractivity contribution < 1.29 is 24.2 Å². The normalized spacial score (nSPS) is 13.4. The fraction of sp³-hybridized carbons (Fsp3) is 0.286. The van der Waals surface area contributed by atoms with Gasteiger partial charge >= 0.3 is 6.09 Å². The summed E-state index contributed by atoms with van der Waals surface area (Å²) in [6.45, 7) is 2.94. The molecule has 29 heavy (non-hydrogen) atoms. The number of methoxy groups -OCH3 is 1. The molecule has 0 aliphatic carbocycles. The lowest BCUT2D eigenvalue weighted by Crippen LogP contribution is -2.32. The van der Waals surface area contributed by atoms with Gasteiger partial charge in [0.25, 0.3) is 5.91 Å². The average molecular weight is 397 g/mol. The van der Waals surface area contributed by atoms with E-state index in [9.17, 15) is 9.59 Å². The molecule has 8 heteroatoms. The third-order valence-electron chi connectivity index (χ3n) is 4.44. The number of carbonyl (C=O) groups excluding carboxylic acids is 1. The van der Waals surface area contributed by atoms with Crippen LogP contribution < -0.4 is 14.8 Å². The van der Waals surface area contributed by atoms with Gasteiger partial charge in [0.2, 0.25) is 0 Å². The first-order valence-electron chi connectivity index (χ1n) is 9.32. The van der Waals surface area contributed by atoms with E-state index < -0.39 is 6.09 Å². The molecule has 1 heterocycles. The summed E-state index contributed by atoms with van der Waals surface area (Å²) in [5, 5.41) is 17.0. The maximum Gasteiger partial charge on any atom is 0.409 e. The predicted molar refractivity (Wildman–Crippen MR) is 109 cm³/mol. The van der Waals surface area contributed by atoms with E-state index >= 15 is 0 Å². The van der Waals surface area contributed by atoms with Crippen molar-refractivity contribution in [2.24, 2.45) is 5.10 Å². The van der Waals surface area contributed by atoms with Crippen molar-refractivity contribution in [1.82, 2.24) is 5.01 Å². The van der Waals surface area contributed by atoms with E-state index in [1.165, 1.54) is 5.01 Å². The summed E-state index contributed by atoms with van der Waals surface area (Å²) in [4.78, 5) is 23.5. The molecule has 0 atom stereocenters. The Hall–Kier alpha value is -3.55. The molecule has 2 aromatic carbocycles. The number of amides is 2. The fourth-order valence-corrected chi connectivity index (χ4v) is 3.08. The third-order valence-corrected chi connectivity index (χ3v) is 4.44. The number of rotatable bonds is 6. The number of carboxylic acid groups (broad SMARTS) is 1. The predicted octanol–water partition coefficient (Wildman–Crippen LogP) is 3.82. The Bertz CT molecular complexity index is 924. The topological polar surface area (TPSA) is 100 Å². The summed E-state index contributed by atoms with van der Waals surface area (Å²) in [5.74, 6) is 1.05. The minimum Gasteiger partial charge on any atom is -0.493 e. The summed E-state index contributed by atoms with van der Waals surface area (Å²) < 4.78 is 11.0. The second-order valence-corrected chi connectivity index (χ2v) is 6.38. The van der Waals surface area contributed by atoms with Crippen molar-refractivity contribution in [3.63, 3.8) is 0 Å². The summed E-state index contributed by atoms with van der Waals surface area (Å²) in [7, 11) is 1.59. The van der Waals surface area contributed by atoms with Gasteiger partial charge in [-0.2, -0.15) is 5.10 Å². The van der Waals surface area contributed by atoms with E-state index in [1.807, 2.05) is 25.1 Å². The minimum absolute atomic E-state index is 0.234. The second kappa shape index (κ2) is 9.09. The molecule has 152 valence electrons. The average Bonchev–Trinajstić information content (AvgIpc) is 2.73. The minimum atomic E-state index is -1.15. The molecular formula is C21H23N3O5. The number of carbonyl (C=O) groups is 2. The quantitative estimate of drug-likeness (QED) is 0.772. The molecule has 0 aromatic heterocycles.